The number of hydrogen-bond acceptors (Lipinski definition) is 3. The lowest BCUT2D eigenvalue weighted by molar-refractivity contribution is -0.144. The lowest BCUT2D eigenvalue weighted by Crippen LogP contribution is -2.26. The lowest BCUT2D eigenvalue weighted by Gasteiger charge is -2.06. The highest BCUT2D eigenvalue weighted by molar-refractivity contribution is 14.1. The van der Waals surface area contributed by atoms with Crippen LogP contribution in [0.25, 0.3) is 0 Å². The standard InChI is InChI=1S/C9H7BrINO4/c10-7-2-1-5(11)3-6(7)9(15)12-16-4-8(13)14/h1-3H,4H2,(H,12,15)(H,13,14). The van der Waals surface area contributed by atoms with Crippen LogP contribution in [-0.2, 0) is 9.63 Å². The minimum absolute atomic E-state index is 0.386. The molecule has 0 bridgehead atoms. The van der Waals surface area contributed by atoms with E-state index in [-0.39, 0.29) is 0 Å². The summed E-state index contributed by atoms with van der Waals surface area (Å²) in [6, 6.07) is 5.22. The highest BCUT2D eigenvalue weighted by Crippen LogP contribution is 2.19. The molecule has 0 heterocycles. The van der Waals surface area contributed by atoms with Crippen LogP contribution in [0.5, 0.6) is 0 Å². The minimum atomic E-state index is -1.15. The first-order chi connectivity index (χ1) is 7.50. The molecule has 1 aromatic carbocycles. The Morgan fingerprint density at radius 2 is 2.19 bits per heavy atom. The molecule has 0 aliphatic heterocycles. The fourth-order valence-corrected chi connectivity index (χ4v) is 1.81. The number of rotatable bonds is 4. The molecule has 1 aromatic rings. The summed E-state index contributed by atoms with van der Waals surface area (Å²) in [5, 5.41) is 8.31. The average Bonchev–Trinajstić information content (AvgIpc) is 2.21. The first-order valence-corrected chi connectivity index (χ1v) is 5.97. The minimum Gasteiger partial charge on any atom is -0.479 e. The Morgan fingerprint density at radius 3 is 2.81 bits per heavy atom. The number of aliphatic carboxylic acids is 1. The van der Waals surface area contributed by atoms with Crippen molar-refractivity contribution in [1.82, 2.24) is 5.48 Å². The predicted octanol–water partition coefficient (Wildman–Crippen LogP) is 1.80. The van der Waals surface area contributed by atoms with Crippen LogP contribution in [0.4, 0.5) is 0 Å². The van der Waals surface area contributed by atoms with Gasteiger partial charge in [0.1, 0.15) is 0 Å². The van der Waals surface area contributed by atoms with Gasteiger partial charge < -0.3 is 5.11 Å². The quantitative estimate of drug-likeness (QED) is 0.598. The molecule has 86 valence electrons. The molecule has 0 aliphatic carbocycles. The van der Waals surface area contributed by atoms with Gasteiger partial charge in [-0.05, 0) is 56.7 Å². The number of halogens is 2. The summed E-state index contributed by atoms with van der Waals surface area (Å²) >= 11 is 5.28. The first-order valence-electron chi connectivity index (χ1n) is 4.09. The van der Waals surface area contributed by atoms with Crippen LogP contribution in [0.1, 0.15) is 10.4 Å². The molecule has 0 fully saturated rings. The molecule has 5 nitrogen and oxygen atoms in total. The second kappa shape index (κ2) is 6.16. The molecular formula is C9H7BrINO4. The highest BCUT2D eigenvalue weighted by Gasteiger charge is 2.10. The van der Waals surface area contributed by atoms with Gasteiger partial charge in [0, 0.05) is 8.04 Å². The summed E-state index contributed by atoms with van der Waals surface area (Å²) in [6.45, 7) is -0.576. The van der Waals surface area contributed by atoms with Gasteiger partial charge in [-0.15, -0.1) is 0 Å². The summed E-state index contributed by atoms with van der Waals surface area (Å²) in [6.07, 6.45) is 0. The van der Waals surface area contributed by atoms with E-state index in [1.165, 1.54) is 0 Å². The molecule has 0 aliphatic rings. The second-order valence-corrected chi connectivity index (χ2v) is 4.84. The third-order valence-electron chi connectivity index (χ3n) is 1.53. The topological polar surface area (TPSA) is 75.6 Å². The molecule has 0 unspecified atom stereocenters. The van der Waals surface area contributed by atoms with Gasteiger partial charge in [-0.1, -0.05) is 0 Å². The van der Waals surface area contributed by atoms with E-state index < -0.39 is 18.5 Å². The van der Waals surface area contributed by atoms with Crippen molar-refractivity contribution in [2.45, 2.75) is 0 Å². The molecule has 16 heavy (non-hydrogen) atoms. The maximum absolute atomic E-state index is 11.5. The van der Waals surface area contributed by atoms with Crippen molar-refractivity contribution < 1.29 is 19.5 Å². The molecule has 7 heteroatoms. The fraction of sp³-hybridized carbons (Fsp3) is 0.111. The van der Waals surface area contributed by atoms with Gasteiger partial charge in [0.05, 0.1) is 5.56 Å². The summed E-state index contributed by atoms with van der Waals surface area (Å²) in [7, 11) is 0. The van der Waals surface area contributed by atoms with Crippen LogP contribution in [0, 0.1) is 3.57 Å². The van der Waals surface area contributed by atoms with Crippen molar-refractivity contribution in [3.05, 3.63) is 31.8 Å². The van der Waals surface area contributed by atoms with Gasteiger partial charge in [-0.25, -0.2) is 10.3 Å². The Balaban J connectivity index is 2.65. The smallest absolute Gasteiger partial charge is 0.332 e. The van der Waals surface area contributed by atoms with E-state index in [0.29, 0.717) is 10.0 Å². The molecule has 0 atom stereocenters. The summed E-state index contributed by atoms with van der Waals surface area (Å²) in [5.74, 6) is -1.64. The Morgan fingerprint density at radius 1 is 1.50 bits per heavy atom. The molecule has 1 rings (SSSR count). The van der Waals surface area contributed by atoms with Crippen molar-refractivity contribution in [1.29, 1.82) is 0 Å². The van der Waals surface area contributed by atoms with Crippen LogP contribution in [-0.4, -0.2) is 23.6 Å². The Bertz CT molecular complexity index is 424. The Hall–Kier alpha value is -0.670. The van der Waals surface area contributed by atoms with Crippen LogP contribution in [0.3, 0.4) is 0 Å². The van der Waals surface area contributed by atoms with E-state index in [9.17, 15) is 9.59 Å². The molecule has 0 spiro atoms. The number of amides is 1. The molecule has 0 radical (unpaired) electrons. The van der Waals surface area contributed by atoms with Crippen molar-refractivity contribution in [2.75, 3.05) is 6.61 Å². The van der Waals surface area contributed by atoms with E-state index in [2.05, 4.69) is 43.4 Å². The predicted molar refractivity (Wildman–Crippen MR) is 67.9 cm³/mol. The average molecular weight is 400 g/mol. The highest BCUT2D eigenvalue weighted by atomic mass is 127. The summed E-state index contributed by atoms with van der Waals surface area (Å²) < 4.78 is 1.51. The van der Waals surface area contributed by atoms with Gasteiger partial charge in [-0.2, -0.15) is 0 Å². The number of carbonyl (C=O) groups excluding carboxylic acids is 1. The lowest BCUT2D eigenvalue weighted by atomic mass is 10.2. The Kier molecular flexibility index (Phi) is 5.16. The van der Waals surface area contributed by atoms with Gasteiger partial charge in [0.25, 0.3) is 5.91 Å². The van der Waals surface area contributed by atoms with Gasteiger partial charge in [0.15, 0.2) is 6.61 Å². The molecule has 0 saturated carbocycles. The number of hydroxylamine groups is 1. The number of carboxylic acids is 1. The number of nitrogens with one attached hydrogen (secondary N) is 1. The van der Waals surface area contributed by atoms with E-state index in [1.807, 2.05) is 11.5 Å². The molecule has 0 aromatic heterocycles. The van der Waals surface area contributed by atoms with E-state index in [1.54, 1.807) is 12.1 Å². The van der Waals surface area contributed by atoms with Crippen molar-refractivity contribution in [3.63, 3.8) is 0 Å². The van der Waals surface area contributed by atoms with Crippen molar-refractivity contribution in [2.24, 2.45) is 0 Å². The van der Waals surface area contributed by atoms with Crippen LogP contribution >= 0.6 is 38.5 Å². The molecular weight excluding hydrogens is 393 g/mol. The van der Waals surface area contributed by atoms with E-state index in [4.69, 9.17) is 5.11 Å². The van der Waals surface area contributed by atoms with Gasteiger partial charge >= 0.3 is 5.97 Å². The zero-order valence-electron chi connectivity index (χ0n) is 7.87. The first kappa shape index (κ1) is 13.4. The van der Waals surface area contributed by atoms with Gasteiger partial charge in [-0.3, -0.25) is 9.63 Å². The SMILES string of the molecule is O=C(O)CONC(=O)c1cc(I)ccc1Br. The third-order valence-corrected chi connectivity index (χ3v) is 2.90. The zero-order chi connectivity index (χ0) is 12.1. The van der Waals surface area contributed by atoms with Gasteiger partial charge in [0.2, 0.25) is 0 Å². The van der Waals surface area contributed by atoms with E-state index in [0.717, 1.165) is 3.57 Å². The van der Waals surface area contributed by atoms with Crippen LogP contribution in [0.2, 0.25) is 0 Å². The fourth-order valence-electron chi connectivity index (χ4n) is 0.890. The number of benzene rings is 1. The largest absolute Gasteiger partial charge is 0.479 e. The maximum atomic E-state index is 11.5. The summed E-state index contributed by atoms with van der Waals surface area (Å²) in [5.41, 5.74) is 2.43. The number of carbonyl (C=O) groups is 2. The number of hydrogen-bond donors (Lipinski definition) is 2. The van der Waals surface area contributed by atoms with E-state index >= 15 is 0 Å². The Labute approximate surface area is 113 Å². The van der Waals surface area contributed by atoms with Crippen LogP contribution in [0.15, 0.2) is 22.7 Å². The normalized spacial score (nSPS) is 9.88. The maximum Gasteiger partial charge on any atom is 0.332 e. The molecule has 0 saturated heterocycles. The van der Waals surface area contributed by atoms with Crippen LogP contribution < -0.4 is 5.48 Å². The number of carboxylic acid groups (broad SMARTS) is 1. The van der Waals surface area contributed by atoms with Crippen molar-refractivity contribution in [3.8, 4) is 0 Å². The zero-order valence-corrected chi connectivity index (χ0v) is 11.6. The third kappa shape index (κ3) is 4.06. The molecule has 1 amide bonds. The summed E-state index contributed by atoms with van der Waals surface area (Å²) in [4.78, 5) is 26.2. The molecule has 2 N–H and O–H groups in total. The van der Waals surface area contributed by atoms with Crippen molar-refractivity contribution >= 4 is 50.4 Å². The monoisotopic (exact) mass is 399 g/mol. The second-order valence-electron chi connectivity index (χ2n) is 2.74.